The second-order valence-corrected chi connectivity index (χ2v) is 8.74. The van der Waals surface area contributed by atoms with Gasteiger partial charge in [0.1, 0.15) is 0 Å². The molecule has 2 N–H and O–H groups in total. The first-order chi connectivity index (χ1) is 13.5. The van der Waals surface area contributed by atoms with Gasteiger partial charge in [0.2, 0.25) is 0 Å². The fourth-order valence-corrected chi connectivity index (χ4v) is 5.08. The topological polar surface area (TPSA) is 70.6 Å². The highest BCUT2D eigenvalue weighted by molar-refractivity contribution is 7.16. The molecule has 6 nitrogen and oxygen atoms in total. The molecule has 0 aliphatic heterocycles. The van der Waals surface area contributed by atoms with Crippen molar-refractivity contribution in [1.82, 2.24) is 14.0 Å². The van der Waals surface area contributed by atoms with Gasteiger partial charge in [-0.25, -0.2) is 0 Å². The first kappa shape index (κ1) is 19.1. The normalized spacial score (nSPS) is 13.7. The smallest absolute Gasteiger partial charge is 0.307 e. The number of aromatic hydroxyl groups is 2. The van der Waals surface area contributed by atoms with E-state index in [1.54, 1.807) is 9.13 Å². The van der Waals surface area contributed by atoms with Gasteiger partial charge in [-0.05, 0) is 63.4 Å². The van der Waals surface area contributed by atoms with E-state index in [-0.39, 0.29) is 16.6 Å². The zero-order valence-electron chi connectivity index (χ0n) is 16.4. The van der Waals surface area contributed by atoms with Gasteiger partial charge in [0, 0.05) is 31.3 Å². The predicted octanol–water partition coefficient (Wildman–Crippen LogP) is 2.87. The van der Waals surface area contributed by atoms with E-state index in [4.69, 9.17) is 0 Å². The minimum absolute atomic E-state index is 0.0757. The summed E-state index contributed by atoms with van der Waals surface area (Å²) in [5.41, 5.74) is 4.09. The number of nitrogens with zero attached hydrogens (tertiary/aromatic N) is 3. The molecule has 0 atom stereocenters. The number of rotatable bonds is 7. The molecule has 150 valence electrons. The average Bonchev–Trinajstić information content (AvgIpc) is 3.33. The summed E-state index contributed by atoms with van der Waals surface area (Å²) >= 11 is 1.29. The maximum atomic E-state index is 11.8. The molecule has 28 heavy (non-hydrogen) atoms. The largest absolute Gasteiger partial charge is 0.494 e. The summed E-state index contributed by atoms with van der Waals surface area (Å²) in [5.74, 6) is 0.505. The second-order valence-electron chi connectivity index (χ2n) is 7.75. The third kappa shape index (κ3) is 3.44. The fourth-order valence-electron chi connectivity index (χ4n) is 4.14. The van der Waals surface area contributed by atoms with Crippen molar-refractivity contribution in [3.63, 3.8) is 0 Å². The third-order valence-corrected chi connectivity index (χ3v) is 6.82. The van der Waals surface area contributed by atoms with E-state index in [1.165, 1.54) is 16.9 Å². The zero-order chi connectivity index (χ0) is 19.8. The van der Waals surface area contributed by atoms with Crippen LogP contribution in [0.1, 0.15) is 29.5 Å². The highest BCUT2D eigenvalue weighted by atomic mass is 32.1. The average molecular weight is 402 g/mol. The van der Waals surface area contributed by atoms with Gasteiger partial charge in [-0.3, -0.25) is 9.36 Å². The summed E-state index contributed by atoms with van der Waals surface area (Å²) in [4.78, 5) is 14.1. The molecule has 3 aromatic rings. The molecule has 0 spiro atoms. The van der Waals surface area contributed by atoms with Crippen LogP contribution in [0.2, 0.25) is 0 Å². The van der Waals surface area contributed by atoms with Crippen molar-refractivity contribution in [3.8, 4) is 11.8 Å². The lowest BCUT2D eigenvalue weighted by atomic mass is 10.1. The summed E-state index contributed by atoms with van der Waals surface area (Å²) in [6.07, 6.45) is 4.53. The molecular weight excluding hydrogens is 374 g/mol. The number of hydrogen-bond donors (Lipinski definition) is 2. The molecule has 0 unspecified atom stereocenters. The summed E-state index contributed by atoms with van der Waals surface area (Å²) in [5, 5.41) is 20.6. The lowest BCUT2D eigenvalue weighted by molar-refractivity contribution is 0.308. The van der Waals surface area contributed by atoms with Crippen LogP contribution in [0.25, 0.3) is 10.2 Å². The van der Waals surface area contributed by atoms with Crippen molar-refractivity contribution in [3.05, 3.63) is 44.6 Å². The molecule has 0 radical (unpaired) electrons. The van der Waals surface area contributed by atoms with Crippen LogP contribution in [0.3, 0.4) is 0 Å². The number of benzene rings is 1. The summed E-state index contributed by atoms with van der Waals surface area (Å²) < 4.78 is 4.39. The molecule has 0 bridgehead atoms. The molecule has 0 amide bonds. The van der Waals surface area contributed by atoms with Crippen LogP contribution in [0.15, 0.2) is 23.0 Å². The van der Waals surface area contributed by atoms with Gasteiger partial charge < -0.3 is 19.7 Å². The SMILES string of the molecule is CN(CCCn1c(O)c2c(c1O)CCC2)CCc1ccc2c(c1)sc(=O)n2C. The van der Waals surface area contributed by atoms with Crippen LogP contribution >= 0.6 is 11.3 Å². The van der Waals surface area contributed by atoms with E-state index < -0.39 is 0 Å². The molecule has 1 aromatic carbocycles. The van der Waals surface area contributed by atoms with Crippen molar-refractivity contribution >= 4 is 21.6 Å². The van der Waals surface area contributed by atoms with Crippen LogP contribution in [0.5, 0.6) is 11.8 Å². The first-order valence-corrected chi connectivity index (χ1v) is 10.7. The Balaban J connectivity index is 1.29. The Labute approximate surface area is 168 Å². The molecule has 2 aromatic heterocycles. The number of aryl methyl sites for hydroxylation is 1. The number of thiazole rings is 1. The van der Waals surface area contributed by atoms with Gasteiger partial charge >= 0.3 is 4.87 Å². The van der Waals surface area contributed by atoms with E-state index in [2.05, 4.69) is 24.1 Å². The molecule has 0 fully saturated rings. The van der Waals surface area contributed by atoms with Crippen molar-refractivity contribution in [2.75, 3.05) is 20.1 Å². The quantitative estimate of drug-likeness (QED) is 0.639. The number of aromatic nitrogens is 2. The number of likely N-dealkylation sites (N-methyl/N-ethyl adjacent to an activating group) is 1. The van der Waals surface area contributed by atoms with Crippen LogP contribution < -0.4 is 4.87 Å². The molecule has 1 aliphatic rings. The van der Waals surface area contributed by atoms with Crippen molar-refractivity contribution in [2.24, 2.45) is 7.05 Å². The summed E-state index contributed by atoms with van der Waals surface area (Å²) in [6, 6.07) is 6.24. The summed E-state index contributed by atoms with van der Waals surface area (Å²) in [6.45, 7) is 2.44. The van der Waals surface area contributed by atoms with Crippen LogP contribution in [0.4, 0.5) is 0 Å². The Kier molecular flexibility index (Phi) is 5.21. The monoisotopic (exact) mass is 401 g/mol. The van der Waals surface area contributed by atoms with Gasteiger partial charge in [0.15, 0.2) is 11.8 Å². The minimum atomic E-state index is 0.0757. The predicted molar refractivity (Wildman–Crippen MR) is 113 cm³/mol. The number of hydrogen-bond acceptors (Lipinski definition) is 5. The van der Waals surface area contributed by atoms with Gasteiger partial charge in [0.25, 0.3) is 0 Å². The van der Waals surface area contributed by atoms with E-state index in [0.717, 1.165) is 66.5 Å². The highest BCUT2D eigenvalue weighted by Gasteiger charge is 2.25. The lowest BCUT2D eigenvalue weighted by Crippen LogP contribution is -2.23. The summed E-state index contributed by atoms with van der Waals surface area (Å²) in [7, 11) is 3.90. The van der Waals surface area contributed by atoms with E-state index in [1.807, 2.05) is 13.1 Å². The molecule has 0 saturated carbocycles. The Morgan fingerprint density at radius 1 is 1.14 bits per heavy atom. The van der Waals surface area contributed by atoms with E-state index in [0.29, 0.717) is 6.54 Å². The molecule has 0 saturated heterocycles. The second kappa shape index (κ2) is 7.64. The van der Waals surface area contributed by atoms with Gasteiger partial charge in [0.05, 0.1) is 10.2 Å². The standard InChI is InChI=1S/C21H27N3O3S/c1-22(10-4-11-24-19(25)15-5-3-6-16(15)20(24)26)12-9-14-7-8-17-18(13-14)28-21(27)23(17)2/h7-8,13,25-26H,3-6,9-12H2,1-2H3. The van der Waals surface area contributed by atoms with Crippen molar-refractivity contribution in [1.29, 1.82) is 0 Å². The van der Waals surface area contributed by atoms with E-state index in [9.17, 15) is 15.0 Å². The molecular formula is C21H27N3O3S. The first-order valence-electron chi connectivity index (χ1n) is 9.85. The maximum absolute atomic E-state index is 11.8. The minimum Gasteiger partial charge on any atom is -0.494 e. The van der Waals surface area contributed by atoms with Gasteiger partial charge in [-0.2, -0.15) is 0 Å². The van der Waals surface area contributed by atoms with Gasteiger partial charge in [-0.1, -0.05) is 17.4 Å². The Morgan fingerprint density at radius 2 is 1.86 bits per heavy atom. The molecule has 2 heterocycles. The van der Waals surface area contributed by atoms with Crippen LogP contribution in [-0.2, 0) is 32.9 Å². The highest BCUT2D eigenvalue weighted by Crippen LogP contribution is 2.39. The van der Waals surface area contributed by atoms with Crippen LogP contribution in [0, 0.1) is 0 Å². The molecule has 7 heteroatoms. The van der Waals surface area contributed by atoms with Crippen molar-refractivity contribution < 1.29 is 10.2 Å². The number of fused-ring (bicyclic) bond motifs is 2. The Morgan fingerprint density at radius 3 is 2.57 bits per heavy atom. The Bertz CT molecular complexity index is 1040. The maximum Gasteiger partial charge on any atom is 0.307 e. The van der Waals surface area contributed by atoms with E-state index >= 15 is 0 Å². The fraction of sp³-hybridized carbons (Fsp3) is 0.476. The third-order valence-electron chi connectivity index (χ3n) is 5.83. The van der Waals surface area contributed by atoms with Crippen molar-refractivity contribution in [2.45, 2.75) is 38.6 Å². The molecule has 1 aliphatic carbocycles. The zero-order valence-corrected chi connectivity index (χ0v) is 17.3. The molecule has 4 rings (SSSR count). The Hall–Kier alpha value is -2.25. The van der Waals surface area contributed by atoms with Gasteiger partial charge in [-0.15, -0.1) is 0 Å². The lowest BCUT2D eigenvalue weighted by Gasteiger charge is -2.17. The van der Waals surface area contributed by atoms with Crippen LogP contribution in [-0.4, -0.2) is 44.4 Å².